The van der Waals surface area contributed by atoms with Crippen LogP contribution in [0.15, 0.2) is 223 Å². The molecule has 4 heterocycles. The van der Waals surface area contributed by atoms with E-state index in [9.17, 15) is 0 Å². The summed E-state index contributed by atoms with van der Waals surface area (Å²) in [6, 6.07) is 71.4. The molecule has 65 heavy (non-hydrogen) atoms. The van der Waals surface area contributed by atoms with Gasteiger partial charge in [-0.05, 0) is 106 Å². The van der Waals surface area contributed by atoms with Gasteiger partial charge in [-0.1, -0.05) is 152 Å². The number of pyridine rings is 1. The second-order valence-electron chi connectivity index (χ2n) is 16.9. The summed E-state index contributed by atoms with van der Waals surface area (Å²) in [5.74, 6) is 1.19. The summed E-state index contributed by atoms with van der Waals surface area (Å²) in [6.45, 7) is 6.66. The van der Waals surface area contributed by atoms with Gasteiger partial charge in [-0.3, -0.25) is 9.55 Å². The molecule has 0 saturated heterocycles. The number of hydrogen-bond acceptors (Lipinski definition) is 3. The Morgan fingerprint density at radius 1 is 0.477 bits per heavy atom. The fraction of sp³-hybridized carbons (Fsp3) is 0.0167. The zero-order valence-electron chi connectivity index (χ0n) is 35.6. The second kappa shape index (κ2) is 14.4. The van der Waals surface area contributed by atoms with Gasteiger partial charge in [0.1, 0.15) is 5.82 Å². The Morgan fingerprint density at radius 2 is 1.17 bits per heavy atom. The maximum absolute atomic E-state index is 5.23. The molecule has 0 bridgehead atoms. The minimum Gasteiger partial charge on any atom is -0.306 e. The van der Waals surface area contributed by atoms with Gasteiger partial charge in [0.15, 0.2) is 5.84 Å². The van der Waals surface area contributed by atoms with Crippen LogP contribution in [-0.2, 0) is 0 Å². The topological polar surface area (TPSA) is 45.8 Å². The third kappa shape index (κ3) is 5.69. The van der Waals surface area contributed by atoms with E-state index < -0.39 is 0 Å². The number of aliphatic imine (C=N–C) groups is 2. The molecule has 5 nitrogen and oxygen atoms in total. The highest BCUT2D eigenvalue weighted by Crippen LogP contribution is 2.60. The van der Waals surface area contributed by atoms with Crippen molar-refractivity contribution in [1.82, 2.24) is 9.55 Å². The molecule has 0 amide bonds. The molecule has 0 atom stereocenters. The van der Waals surface area contributed by atoms with Gasteiger partial charge in [-0.2, -0.15) is 0 Å². The van der Waals surface area contributed by atoms with Crippen molar-refractivity contribution in [3.05, 3.63) is 224 Å². The van der Waals surface area contributed by atoms with Crippen LogP contribution in [0.2, 0.25) is 0 Å². The summed E-state index contributed by atoms with van der Waals surface area (Å²) >= 11 is 0. The van der Waals surface area contributed by atoms with Crippen LogP contribution >= 0.6 is 0 Å². The van der Waals surface area contributed by atoms with E-state index in [4.69, 9.17) is 15.0 Å². The third-order valence-corrected chi connectivity index (χ3v) is 13.2. The Balaban J connectivity index is 1.07. The fourth-order valence-corrected chi connectivity index (χ4v) is 10.3. The predicted octanol–water partition coefficient (Wildman–Crippen LogP) is 15.6. The lowest BCUT2D eigenvalue weighted by atomic mass is 9.80. The fourth-order valence-electron chi connectivity index (χ4n) is 10.3. The molecular weight excluding hydrogens is 791 g/mol. The van der Waals surface area contributed by atoms with Gasteiger partial charge in [0.25, 0.3) is 0 Å². The average molecular weight is 830 g/mol. The SMILES string of the molecule is C=C(/N=C(\N=C(/C)c1ccccc1)c1ccccc1)n1c2ccccc2c2cc(-c3cc4c5c6c(cc(-c7ccccc7)cc36)-c3ncccc3N5c3cccc5cccc-4c35)ccc21. The van der Waals surface area contributed by atoms with Crippen LogP contribution < -0.4 is 4.90 Å². The van der Waals surface area contributed by atoms with Gasteiger partial charge in [-0.25, -0.2) is 9.98 Å². The molecule has 13 rings (SSSR count). The number of amidine groups is 1. The Hall–Kier alpha value is -8.67. The Kier molecular flexibility index (Phi) is 8.21. The lowest BCUT2D eigenvalue weighted by molar-refractivity contribution is 1.18. The molecule has 0 N–H and O–H groups in total. The zero-order chi connectivity index (χ0) is 43.2. The lowest BCUT2D eigenvalue weighted by Gasteiger charge is -2.39. The molecule has 304 valence electrons. The average Bonchev–Trinajstić information content (AvgIpc) is 3.70. The highest BCUT2D eigenvalue weighted by Gasteiger charge is 2.35. The number of para-hydroxylation sites is 1. The zero-order valence-corrected chi connectivity index (χ0v) is 35.6. The molecule has 0 saturated carbocycles. The maximum atomic E-state index is 5.23. The van der Waals surface area contributed by atoms with E-state index in [1.807, 2.05) is 49.5 Å². The number of hydrogen-bond donors (Lipinski definition) is 0. The van der Waals surface area contributed by atoms with Crippen molar-refractivity contribution in [3.8, 4) is 44.6 Å². The van der Waals surface area contributed by atoms with Crippen LogP contribution in [0.3, 0.4) is 0 Å². The number of rotatable bonds is 6. The number of benzene rings is 9. The lowest BCUT2D eigenvalue weighted by Crippen LogP contribution is -2.20. The molecular formula is C60H39N5. The predicted molar refractivity (Wildman–Crippen MR) is 273 cm³/mol. The molecule has 2 aliphatic rings. The summed E-state index contributed by atoms with van der Waals surface area (Å²) in [5.41, 5.74) is 17.6. The van der Waals surface area contributed by atoms with E-state index in [1.54, 1.807) is 0 Å². The quantitative estimate of drug-likeness (QED) is 0.124. The van der Waals surface area contributed by atoms with Crippen LogP contribution in [0.4, 0.5) is 17.1 Å². The first kappa shape index (κ1) is 36.9. The Labute approximate surface area is 376 Å². The van der Waals surface area contributed by atoms with Gasteiger partial charge in [0.2, 0.25) is 0 Å². The molecule has 2 aromatic heterocycles. The molecule has 0 radical (unpaired) electrons. The van der Waals surface area contributed by atoms with Gasteiger partial charge in [0.05, 0.1) is 33.8 Å². The van der Waals surface area contributed by atoms with Crippen molar-refractivity contribution in [1.29, 1.82) is 0 Å². The summed E-state index contributed by atoms with van der Waals surface area (Å²) in [5, 5.41) is 7.12. The smallest absolute Gasteiger partial charge is 0.161 e. The standard InChI is InChI=1S/C60H39N5/c1-37(39-17-6-3-7-18-39)62-60(42-21-10-5-11-22-42)63-38(2)64-52-27-13-12-25-45(52)48-33-43(30-31-53(48)64)47-36-50-46-26-14-23-41-24-15-28-54(56(41)46)65-55-29-16-32-61-58(55)51-35-44(40-19-8-4-9-20-40)34-49(47)57(51)59(50)65/h3-36H,2H2,1H3/b62-37+,63-60-. The van der Waals surface area contributed by atoms with Gasteiger partial charge in [-0.15, -0.1) is 0 Å². The van der Waals surface area contributed by atoms with Crippen molar-refractivity contribution < 1.29 is 0 Å². The molecule has 9 aromatic carbocycles. The number of aromatic nitrogens is 2. The summed E-state index contributed by atoms with van der Waals surface area (Å²) in [4.78, 5) is 18.0. The Bertz CT molecular complexity index is 3840. The molecule has 2 aliphatic heterocycles. The highest BCUT2D eigenvalue weighted by atomic mass is 15.2. The van der Waals surface area contributed by atoms with Crippen molar-refractivity contribution >= 4 is 77.8 Å². The molecule has 11 aromatic rings. The summed E-state index contributed by atoms with van der Waals surface area (Å²) in [7, 11) is 0. The number of anilines is 3. The van der Waals surface area contributed by atoms with Gasteiger partial charge >= 0.3 is 0 Å². The van der Waals surface area contributed by atoms with Crippen LogP contribution in [0.1, 0.15) is 18.1 Å². The van der Waals surface area contributed by atoms with E-state index in [2.05, 4.69) is 180 Å². The largest absolute Gasteiger partial charge is 0.306 e. The van der Waals surface area contributed by atoms with Crippen molar-refractivity contribution in [2.75, 3.05) is 4.90 Å². The highest BCUT2D eigenvalue weighted by molar-refractivity contribution is 6.27. The van der Waals surface area contributed by atoms with Crippen molar-refractivity contribution in [3.63, 3.8) is 0 Å². The minimum atomic E-state index is 0.587. The Morgan fingerprint density at radius 3 is 1.98 bits per heavy atom. The van der Waals surface area contributed by atoms with E-state index in [0.29, 0.717) is 11.7 Å². The summed E-state index contributed by atoms with van der Waals surface area (Å²) in [6.07, 6.45) is 1.93. The number of fused-ring (bicyclic) bond motifs is 8. The monoisotopic (exact) mass is 829 g/mol. The van der Waals surface area contributed by atoms with Crippen molar-refractivity contribution in [2.24, 2.45) is 9.98 Å². The molecule has 0 unspecified atom stereocenters. The van der Waals surface area contributed by atoms with Crippen LogP contribution in [0.25, 0.3) is 93.8 Å². The van der Waals surface area contributed by atoms with E-state index in [0.717, 1.165) is 66.7 Å². The van der Waals surface area contributed by atoms with Gasteiger partial charge in [0, 0.05) is 50.1 Å². The van der Waals surface area contributed by atoms with Gasteiger partial charge < -0.3 is 4.90 Å². The first-order valence-corrected chi connectivity index (χ1v) is 22.0. The molecule has 5 heteroatoms. The maximum Gasteiger partial charge on any atom is 0.161 e. The van der Waals surface area contributed by atoms with E-state index >= 15 is 0 Å². The van der Waals surface area contributed by atoms with Crippen LogP contribution in [-0.4, -0.2) is 21.1 Å². The summed E-state index contributed by atoms with van der Waals surface area (Å²) < 4.78 is 2.18. The molecule has 0 aliphatic carbocycles. The normalized spacial score (nSPS) is 12.9. The second-order valence-corrected chi connectivity index (χ2v) is 16.9. The first-order valence-electron chi connectivity index (χ1n) is 22.0. The molecule has 0 fully saturated rings. The van der Waals surface area contributed by atoms with E-state index in [-0.39, 0.29) is 0 Å². The number of nitrogens with zero attached hydrogens (tertiary/aromatic N) is 5. The van der Waals surface area contributed by atoms with E-state index in [1.165, 1.54) is 55.2 Å². The third-order valence-electron chi connectivity index (χ3n) is 13.2. The van der Waals surface area contributed by atoms with Crippen molar-refractivity contribution in [2.45, 2.75) is 6.92 Å². The minimum absolute atomic E-state index is 0.587. The van der Waals surface area contributed by atoms with Crippen LogP contribution in [0.5, 0.6) is 0 Å². The van der Waals surface area contributed by atoms with Crippen LogP contribution in [0, 0.1) is 0 Å². The first-order chi connectivity index (χ1) is 32.1. The molecule has 0 spiro atoms.